The Labute approximate surface area is 148 Å². The van der Waals surface area contributed by atoms with Crippen LogP contribution in [-0.2, 0) is 0 Å². The first-order chi connectivity index (χ1) is 12.2. The lowest BCUT2D eigenvalue weighted by Crippen LogP contribution is -2.09. The van der Waals surface area contributed by atoms with Gasteiger partial charge in [0.2, 0.25) is 0 Å². The number of benzene rings is 3. The Balaban J connectivity index is 1.84. The summed E-state index contributed by atoms with van der Waals surface area (Å²) in [5, 5.41) is 0. The van der Waals surface area contributed by atoms with Crippen LogP contribution in [0.4, 0.5) is 11.4 Å². The van der Waals surface area contributed by atoms with Crippen molar-refractivity contribution in [3.63, 3.8) is 0 Å². The Morgan fingerprint density at radius 2 is 0.960 bits per heavy atom. The van der Waals surface area contributed by atoms with Crippen LogP contribution in [0.1, 0.15) is 28.7 Å². The summed E-state index contributed by atoms with van der Waals surface area (Å²) in [6.07, 6.45) is 0.723. The van der Waals surface area contributed by atoms with Crippen molar-refractivity contribution in [3.05, 3.63) is 95.1 Å². The van der Waals surface area contributed by atoms with Gasteiger partial charge >= 0.3 is 0 Å². The summed E-state index contributed by atoms with van der Waals surface area (Å²) < 4.78 is 0. The van der Waals surface area contributed by atoms with Gasteiger partial charge in [0.25, 0.3) is 0 Å². The highest BCUT2D eigenvalue weighted by atomic mass is 14.9. The number of hydrogen-bond donors (Lipinski definition) is 0. The Kier molecular flexibility index (Phi) is 4.02. The lowest BCUT2D eigenvalue weighted by atomic mass is 9.99. The number of aliphatic imine (C=N–C) groups is 2. The molecule has 0 N–H and O–H groups in total. The fourth-order valence-electron chi connectivity index (χ4n) is 3.01. The third kappa shape index (κ3) is 3.29. The first-order valence-electron chi connectivity index (χ1n) is 8.57. The van der Waals surface area contributed by atoms with Crippen LogP contribution < -0.4 is 0 Å². The topological polar surface area (TPSA) is 24.7 Å². The number of hydrogen-bond acceptors (Lipinski definition) is 2. The third-order valence-corrected chi connectivity index (χ3v) is 4.50. The van der Waals surface area contributed by atoms with Crippen molar-refractivity contribution in [3.8, 4) is 0 Å². The van der Waals surface area contributed by atoms with E-state index in [1.54, 1.807) is 0 Å². The summed E-state index contributed by atoms with van der Waals surface area (Å²) in [4.78, 5) is 9.87. The lowest BCUT2D eigenvalue weighted by molar-refractivity contribution is 1.40. The van der Waals surface area contributed by atoms with Crippen molar-refractivity contribution in [2.24, 2.45) is 9.98 Å². The van der Waals surface area contributed by atoms with Gasteiger partial charge in [-0.1, -0.05) is 71.8 Å². The molecule has 0 spiro atoms. The molecule has 0 amide bonds. The molecule has 1 aliphatic heterocycles. The van der Waals surface area contributed by atoms with Crippen LogP contribution in [0.2, 0.25) is 0 Å². The van der Waals surface area contributed by atoms with E-state index in [4.69, 9.17) is 9.98 Å². The van der Waals surface area contributed by atoms with Crippen LogP contribution in [0.3, 0.4) is 0 Å². The van der Waals surface area contributed by atoms with E-state index in [1.807, 2.05) is 24.3 Å². The van der Waals surface area contributed by atoms with Crippen LogP contribution in [0.5, 0.6) is 0 Å². The Hall–Kier alpha value is -3.00. The molecule has 0 bridgehead atoms. The van der Waals surface area contributed by atoms with Gasteiger partial charge in [0.1, 0.15) is 0 Å². The molecule has 2 heteroatoms. The Morgan fingerprint density at radius 1 is 0.560 bits per heavy atom. The zero-order chi connectivity index (χ0) is 17.2. The molecule has 0 aromatic heterocycles. The first-order valence-corrected chi connectivity index (χ1v) is 8.57. The van der Waals surface area contributed by atoms with Gasteiger partial charge in [0.15, 0.2) is 0 Å². The molecule has 25 heavy (non-hydrogen) atoms. The molecule has 0 atom stereocenters. The molecular weight excluding hydrogens is 304 g/mol. The molecule has 3 aromatic rings. The minimum atomic E-state index is 0.723. The smallest absolute Gasteiger partial charge is 0.0889 e. The van der Waals surface area contributed by atoms with Crippen LogP contribution in [-0.4, -0.2) is 11.4 Å². The molecule has 0 radical (unpaired) electrons. The Morgan fingerprint density at radius 3 is 1.36 bits per heavy atom. The zero-order valence-electron chi connectivity index (χ0n) is 14.5. The van der Waals surface area contributed by atoms with E-state index in [-0.39, 0.29) is 0 Å². The predicted molar refractivity (Wildman–Crippen MR) is 106 cm³/mol. The molecule has 0 fully saturated rings. The van der Waals surface area contributed by atoms with Crippen LogP contribution in [0, 0.1) is 13.8 Å². The first kappa shape index (κ1) is 15.5. The fraction of sp³-hybridized carbons (Fsp3) is 0.130. The summed E-state index contributed by atoms with van der Waals surface area (Å²) in [6, 6.07) is 25.2. The monoisotopic (exact) mass is 324 g/mol. The second kappa shape index (κ2) is 6.48. The second-order valence-electron chi connectivity index (χ2n) is 6.51. The van der Waals surface area contributed by atoms with Gasteiger partial charge in [-0.2, -0.15) is 0 Å². The van der Waals surface area contributed by atoms with E-state index in [0.29, 0.717) is 0 Å². The maximum atomic E-state index is 4.93. The molecule has 3 aromatic carbocycles. The molecule has 122 valence electrons. The molecular formula is C23H20N2. The van der Waals surface area contributed by atoms with Gasteiger partial charge in [0, 0.05) is 6.42 Å². The van der Waals surface area contributed by atoms with Crippen molar-refractivity contribution in [1.29, 1.82) is 0 Å². The average Bonchev–Trinajstić information content (AvgIpc) is 2.82. The molecule has 0 saturated heterocycles. The average molecular weight is 324 g/mol. The van der Waals surface area contributed by atoms with Gasteiger partial charge < -0.3 is 0 Å². The molecule has 1 aliphatic rings. The van der Waals surface area contributed by atoms with E-state index in [9.17, 15) is 0 Å². The van der Waals surface area contributed by atoms with E-state index in [2.05, 4.69) is 62.4 Å². The van der Waals surface area contributed by atoms with Crippen LogP contribution >= 0.6 is 0 Å². The van der Waals surface area contributed by atoms with Gasteiger partial charge in [0.05, 0.1) is 22.8 Å². The fourth-order valence-corrected chi connectivity index (χ4v) is 3.01. The summed E-state index contributed by atoms with van der Waals surface area (Å²) in [6.45, 7) is 4.21. The predicted octanol–water partition coefficient (Wildman–Crippen LogP) is 5.95. The number of rotatable bonds is 2. The summed E-state index contributed by atoms with van der Waals surface area (Å²) in [5.41, 5.74) is 8.80. The van der Waals surface area contributed by atoms with E-state index < -0.39 is 0 Å². The van der Waals surface area contributed by atoms with E-state index in [0.717, 1.165) is 40.3 Å². The van der Waals surface area contributed by atoms with Crippen molar-refractivity contribution in [1.82, 2.24) is 0 Å². The molecule has 4 rings (SSSR count). The normalized spacial score (nSPS) is 13.5. The molecule has 0 unspecified atom stereocenters. The highest BCUT2D eigenvalue weighted by molar-refractivity contribution is 6.20. The highest BCUT2D eigenvalue weighted by Crippen LogP contribution is 2.32. The van der Waals surface area contributed by atoms with Crippen molar-refractivity contribution < 1.29 is 0 Å². The van der Waals surface area contributed by atoms with Crippen molar-refractivity contribution >= 4 is 22.8 Å². The van der Waals surface area contributed by atoms with Gasteiger partial charge in [-0.05, 0) is 37.1 Å². The van der Waals surface area contributed by atoms with Crippen molar-refractivity contribution in [2.45, 2.75) is 20.3 Å². The van der Waals surface area contributed by atoms with Gasteiger partial charge in [-0.3, -0.25) is 9.98 Å². The minimum Gasteiger partial charge on any atom is -0.250 e. The molecule has 2 nitrogen and oxygen atoms in total. The number of aryl methyl sites for hydroxylation is 2. The molecule has 0 aliphatic carbocycles. The SMILES string of the molecule is Cc1ccc(C2=Nc3ccccc3N=C(c3ccc(C)cc3)C2)cc1. The molecule has 1 heterocycles. The van der Waals surface area contributed by atoms with Crippen molar-refractivity contribution in [2.75, 3.05) is 0 Å². The zero-order valence-corrected chi connectivity index (χ0v) is 14.5. The quantitative estimate of drug-likeness (QED) is 0.556. The lowest BCUT2D eigenvalue weighted by Gasteiger charge is -2.09. The third-order valence-electron chi connectivity index (χ3n) is 4.50. The highest BCUT2D eigenvalue weighted by Gasteiger charge is 2.16. The van der Waals surface area contributed by atoms with Crippen LogP contribution in [0.15, 0.2) is 82.8 Å². The summed E-state index contributed by atoms with van der Waals surface area (Å²) in [7, 11) is 0. The maximum absolute atomic E-state index is 4.93. The van der Waals surface area contributed by atoms with E-state index in [1.165, 1.54) is 11.1 Å². The van der Waals surface area contributed by atoms with Crippen LogP contribution in [0.25, 0.3) is 0 Å². The Bertz CT molecular complexity index is 881. The standard InChI is InChI=1S/C23H20N2/c1-16-7-11-18(12-8-16)22-15-23(19-13-9-17(2)10-14-19)25-21-6-4-3-5-20(21)24-22/h3-14H,15H2,1-2H3. The summed E-state index contributed by atoms with van der Waals surface area (Å²) >= 11 is 0. The number of para-hydroxylation sites is 2. The molecule has 0 saturated carbocycles. The number of nitrogens with zero attached hydrogens (tertiary/aromatic N) is 2. The van der Waals surface area contributed by atoms with E-state index >= 15 is 0 Å². The van der Waals surface area contributed by atoms with Gasteiger partial charge in [-0.15, -0.1) is 0 Å². The largest absolute Gasteiger partial charge is 0.250 e. The second-order valence-corrected chi connectivity index (χ2v) is 6.51. The minimum absolute atomic E-state index is 0.723. The summed E-state index contributed by atoms with van der Waals surface area (Å²) in [5.74, 6) is 0. The number of fused-ring (bicyclic) bond motifs is 1. The maximum Gasteiger partial charge on any atom is 0.0889 e. The van der Waals surface area contributed by atoms with Gasteiger partial charge in [-0.25, -0.2) is 0 Å².